The van der Waals surface area contributed by atoms with E-state index in [9.17, 15) is 4.39 Å². The van der Waals surface area contributed by atoms with Crippen LogP contribution in [0.3, 0.4) is 0 Å². The first kappa shape index (κ1) is 15.4. The summed E-state index contributed by atoms with van der Waals surface area (Å²) in [5.74, 6) is -0.358. The molecule has 1 rings (SSSR count). The lowest BCUT2D eigenvalue weighted by Gasteiger charge is -2.31. The van der Waals surface area contributed by atoms with Crippen molar-refractivity contribution in [3.63, 3.8) is 0 Å². The van der Waals surface area contributed by atoms with Crippen molar-refractivity contribution in [2.45, 2.75) is 27.3 Å². The first-order valence-electron chi connectivity index (χ1n) is 6.24. The monoisotopic (exact) mass is 272 g/mol. The quantitative estimate of drug-likeness (QED) is 0.861. The van der Waals surface area contributed by atoms with E-state index < -0.39 is 0 Å². The van der Waals surface area contributed by atoms with Crippen molar-refractivity contribution in [1.29, 1.82) is 0 Å². The summed E-state index contributed by atoms with van der Waals surface area (Å²) in [6.07, 6.45) is 0. The van der Waals surface area contributed by atoms with E-state index >= 15 is 0 Å². The van der Waals surface area contributed by atoms with Gasteiger partial charge in [0.15, 0.2) is 0 Å². The van der Waals surface area contributed by atoms with Gasteiger partial charge in [0.1, 0.15) is 5.82 Å². The molecular formula is C14H22ClFN2. The molecule has 0 aliphatic rings. The zero-order valence-electron chi connectivity index (χ0n) is 11.3. The molecule has 0 unspecified atom stereocenters. The lowest BCUT2D eigenvalue weighted by atomic mass is 9.93. The summed E-state index contributed by atoms with van der Waals surface area (Å²) < 4.78 is 13.4. The second kappa shape index (κ2) is 6.50. The summed E-state index contributed by atoms with van der Waals surface area (Å²) in [5, 5.41) is 0.170. The molecule has 0 atom stereocenters. The van der Waals surface area contributed by atoms with Crippen molar-refractivity contribution in [3.8, 4) is 0 Å². The van der Waals surface area contributed by atoms with Gasteiger partial charge in [-0.15, -0.1) is 0 Å². The Morgan fingerprint density at radius 3 is 2.56 bits per heavy atom. The summed E-state index contributed by atoms with van der Waals surface area (Å²) in [6.45, 7) is 9.53. The van der Waals surface area contributed by atoms with Crippen molar-refractivity contribution in [1.82, 2.24) is 4.90 Å². The van der Waals surface area contributed by atoms with Gasteiger partial charge in [-0.3, -0.25) is 4.90 Å². The minimum atomic E-state index is -0.358. The standard InChI is InChI=1S/C14H22ClFN2/c1-4-18(10-14(2,3)9-17)8-11-5-6-12(15)13(16)7-11/h5-7H,4,8-10,17H2,1-3H3. The predicted molar refractivity (Wildman–Crippen MR) is 75.2 cm³/mol. The van der Waals surface area contributed by atoms with Gasteiger partial charge in [-0.1, -0.05) is 38.4 Å². The molecule has 0 radical (unpaired) electrons. The minimum Gasteiger partial charge on any atom is -0.330 e. The summed E-state index contributed by atoms with van der Waals surface area (Å²) in [7, 11) is 0. The van der Waals surface area contributed by atoms with E-state index in [1.807, 2.05) is 6.07 Å². The number of rotatable bonds is 6. The second-order valence-electron chi connectivity index (χ2n) is 5.42. The van der Waals surface area contributed by atoms with E-state index in [1.54, 1.807) is 6.07 Å². The van der Waals surface area contributed by atoms with E-state index in [0.29, 0.717) is 13.1 Å². The van der Waals surface area contributed by atoms with E-state index in [-0.39, 0.29) is 16.3 Å². The Kier molecular flexibility index (Phi) is 5.57. The summed E-state index contributed by atoms with van der Waals surface area (Å²) in [6, 6.07) is 4.97. The van der Waals surface area contributed by atoms with Crippen LogP contribution in [-0.4, -0.2) is 24.5 Å². The third-order valence-corrected chi connectivity index (χ3v) is 3.35. The molecule has 0 amide bonds. The van der Waals surface area contributed by atoms with Gasteiger partial charge >= 0.3 is 0 Å². The molecule has 0 aromatic heterocycles. The predicted octanol–water partition coefficient (Wildman–Crippen LogP) is 3.29. The smallest absolute Gasteiger partial charge is 0.142 e. The molecule has 0 spiro atoms. The molecule has 4 heteroatoms. The van der Waals surface area contributed by atoms with Crippen LogP contribution in [0.5, 0.6) is 0 Å². The molecule has 18 heavy (non-hydrogen) atoms. The van der Waals surface area contributed by atoms with Crippen LogP contribution in [0, 0.1) is 11.2 Å². The molecule has 0 saturated carbocycles. The zero-order chi connectivity index (χ0) is 13.8. The normalized spacial score (nSPS) is 12.2. The zero-order valence-corrected chi connectivity index (χ0v) is 12.1. The first-order valence-corrected chi connectivity index (χ1v) is 6.62. The van der Waals surface area contributed by atoms with Gasteiger partial charge in [-0.25, -0.2) is 4.39 Å². The molecule has 0 bridgehead atoms. The Balaban J connectivity index is 2.71. The van der Waals surface area contributed by atoms with Gasteiger partial charge in [0.2, 0.25) is 0 Å². The number of nitrogens with two attached hydrogens (primary N) is 1. The largest absolute Gasteiger partial charge is 0.330 e. The maximum Gasteiger partial charge on any atom is 0.142 e. The van der Waals surface area contributed by atoms with Gasteiger partial charge in [-0.2, -0.15) is 0 Å². The average molecular weight is 273 g/mol. The van der Waals surface area contributed by atoms with E-state index in [2.05, 4.69) is 25.7 Å². The highest BCUT2D eigenvalue weighted by Gasteiger charge is 2.19. The number of benzene rings is 1. The Morgan fingerprint density at radius 2 is 2.06 bits per heavy atom. The van der Waals surface area contributed by atoms with Crippen LogP contribution in [0.15, 0.2) is 18.2 Å². The SMILES string of the molecule is CCN(Cc1ccc(Cl)c(F)c1)CC(C)(C)CN. The van der Waals surface area contributed by atoms with E-state index in [1.165, 1.54) is 6.07 Å². The fraction of sp³-hybridized carbons (Fsp3) is 0.571. The van der Waals surface area contributed by atoms with Crippen molar-refractivity contribution in [3.05, 3.63) is 34.6 Å². The molecule has 2 nitrogen and oxygen atoms in total. The van der Waals surface area contributed by atoms with Crippen molar-refractivity contribution in [2.75, 3.05) is 19.6 Å². The van der Waals surface area contributed by atoms with Crippen LogP contribution < -0.4 is 5.73 Å². The minimum absolute atomic E-state index is 0.0704. The molecule has 0 heterocycles. The van der Waals surface area contributed by atoms with E-state index in [4.69, 9.17) is 17.3 Å². The van der Waals surface area contributed by atoms with Crippen LogP contribution in [0.2, 0.25) is 5.02 Å². The Hall–Kier alpha value is -0.640. The Morgan fingerprint density at radius 1 is 1.39 bits per heavy atom. The van der Waals surface area contributed by atoms with Gasteiger partial charge in [0.05, 0.1) is 5.02 Å². The third kappa shape index (κ3) is 4.56. The van der Waals surface area contributed by atoms with Gasteiger partial charge < -0.3 is 5.73 Å². The molecule has 1 aromatic rings. The van der Waals surface area contributed by atoms with Gasteiger partial charge in [0.25, 0.3) is 0 Å². The highest BCUT2D eigenvalue weighted by Crippen LogP contribution is 2.19. The maximum atomic E-state index is 13.4. The summed E-state index contributed by atoms with van der Waals surface area (Å²) in [4.78, 5) is 2.26. The van der Waals surface area contributed by atoms with Crippen molar-refractivity contribution in [2.24, 2.45) is 11.1 Å². The second-order valence-corrected chi connectivity index (χ2v) is 5.83. The third-order valence-electron chi connectivity index (χ3n) is 3.04. The lowest BCUT2D eigenvalue weighted by molar-refractivity contribution is 0.183. The Bertz CT molecular complexity index is 393. The van der Waals surface area contributed by atoms with Crippen molar-refractivity contribution >= 4 is 11.6 Å². The average Bonchev–Trinajstić information content (AvgIpc) is 2.33. The molecule has 102 valence electrons. The maximum absolute atomic E-state index is 13.4. The molecule has 0 saturated heterocycles. The molecule has 0 aliphatic carbocycles. The van der Waals surface area contributed by atoms with Crippen LogP contribution in [0.1, 0.15) is 26.3 Å². The van der Waals surface area contributed by atoms with Gasteiger partial charge in [-0.05, 0) is 36.2 Å². The van der Waals surface area contributed by atoms with Crippen molar-refractivity contribution < 1.29 is 4.39 Å². The topological polar surface area (TPSA) is 29.3 Å². The lowest BCUT2D eigenvalue weighted by Crippen LogP contribution is -2.38. The number of hydrogen-bond donors (Lipinski definition) is 1. The van der Waals surface area contributed by atoms with E-state index in [0.717, 1.165) is 18.7 Å². The molecule has 0 aliphatic heterocycles. The first-order chi connectivity index (χ1) is 8.38. The molecule has 2 N–H and O–H groups in total. The van der Waals surface area contributed by atoms with Gasteiger partial charge in [0, 0.05) is 13.1 Å². The summed E-state index contributed by atoms with van der Waals surface area (Å²) in [5.41, 5.74) is 6.75. The molecular weight excluding hydrogens is 251 g/mol. The molecule has 1 aromatic carbocycles. The number of nitrogens with zero attached hydrogens (tertiary/aromatic N) is 1. The number of halogens is 2. The number of hydrogen-bond acceptors (Lipinski definition) is 2. The van der Waals surface area contributed by atoms with Crippen LogP contribution in [0.4, 0.5) is 4.39 Å². The highest BCUT2D eigenvalue weighted by molar-refractivity contribution is 6.30. The Labute approximate surface area is 114 Å². The summed E-state index contributed by atoms with van der Waals surface area (Å²) >= 11 is 5.67. The van der Waals surface area contributed by atoms with Crippen LogP contribution >= 0.6 is 11.6 Å². The fourth-order valence-corrected chi connectivity index (χ4v) is 1.96. The highest BCUT2D eigenvalue weighted by atomic mass is 35.5. The van der Waals surface area contributed by atoms with Crippen LogP contribution in [-0.2, 0) is 6.54 Å². The fourth-order valence-electron chi connectivity index (χ4n) is 1.85. The molecule has 0 fully saturated rings. The van der Waals surface area contributed by atoms with Crippen LogP contribution in [0.25, 0.3) is 0 Å².